The largest absolute Gasteiger partial charge is 0.492 e. The molecule has 0 spiro atoms. The molecule has 144 valence electrons. The zero-order valence-electron chi connectivity index (χ0n) is 15.7. The van der Waals surface area contributed by atoms with E-state index in [4.69, 9.17) is 9.26 Å². The summed E-state index contributed by atoms with van der Waals surface area (Å²) in [7, 11) is 1.78. The van der Waals surface area contributed by atoms with Gasteiger partial charge in [0.2, 0.25) is 5.91 Å². The molecule has 4 rings (SSSR count). The van der Waals surface area contributed by atoms with Gasteiger partial charge < -0.3 is 14.2 Å². The predicted molar refractivity (Wildman–Crippen MR) is 103 cm³/mol. The Morgan fingerprint density at radius 2 is 2.04 bits per heavy atom. The standard InChI is InChI=1S/C21H22N4O3/c1-24(14-18-12-19(23-28-18)16-6-8-22-9-7-16)21(26)15-25-10-11-27-20-5-3-2-4-17(20)13-25/h2-9,12H,10-11,13-15H2,1H3. The van der Waals surface area contributed by atoms with Gasteiger partial charge in [-0.2, -0.15) is 0 Å². The minimum Gasteiger partial charge on any atom is -0.492 e. The van der Waals surface area contributed by atoms with Crippen molar-refractivity contribution in [3.8, 4) is 17.0 Å². The zero-order valence-corrected chi connectivity index (χ0v) is 15.7. The first-order valence-electron chi connectivity index (χ1n) is 9.22. The van der Waals surface area contributed by atoms with Gasteiger partial charge in [0.05, 0.1) is 13.1 Å². The van der Waals surface area contributed by atoms with Gasteiger partial charge >= 0.3 is 0 Å². The van der Waals surface area contributed by atoms with Crippen LogP contribution in [-0.4, -0.2) is 52.6 Å². The fourth-order valence-corrected chi connectivity index (χ4v) is 3.20. The van der Waals surface area contributed by atoms with Gasteiger partial charge in [0.15, 0.2) is 5.76 Å². The molecule has 7 heteroatoms. The number of carbonyl (C=O) groups is 1. The Balaban J connectivity index is 1.36. The van der Waals surface area contributed by atoms with E-state index in [9.17, 15) is 4.79 Å². The van der Waals surface area contributed by atoms with Crippen molar-refractivity contribution in [3.05, 3.63) is 66.2 Å². The molecule has 2 aromatic heterocycles. The highest BCUT2D eigenvalue weighted by atomic mass is 16.5. The first-order valence-corrected chi connectivity index (χ1v) is 9.22. The fourth-order valence-electron chi connectivity index (χ4n) is 3.20. The number of para-hydroxylation sites is 1. The zero-order chi connectivity index (χ0) is 19.3. The summed E-state index contributed by atoms with van der Waals surface area (Å²) in [5.74, 6) is 1.57. The van der Waals surface area contributed by atoms with E-state index in [1.807, 2.05) is 42.5 Å². The number of likely N-dealkylation sites (N-methyl/N-ethyl adjacent to an activating group) is 1. The van der Waals surface area contributed by atoms with Crippen molar-refractivity contribution in [1.29, 1.82) is 0 Å². The molecule has 3 heterocycles. The van der Waals surface area contributed by atoms with E-state index in [2.05, 4.69) is 15.0 Å². The Bertz CT molecular complexity index is 942. The number of aromatic nitrogens is 2. The highest BCUT2D eigenvalue weighted by Crippen LogP contribution is 2.22. The van der Waals surface area contributed by atoms with Crippen molar-refractivity contribution in [2.75, 3.05) is 26.7 Å². The van der Waals surface area contributed by atoms with Gasteiger partial charge in [0.1, 0.15) is 18.1 Å². The van der Waals surface area contributed by atoms with Gasteiger partial charge in [0.25, 0.3) is 0 Å². The molecule has 0 aliphatic carbocycles. The summed E-state index contributed by atoms with van der Waals surface area (Å²) < 4.78 is 11.2. The molecule has 0 atom stereocenters. The molecule has 0 bridgehead atoms. The summed E-state index contributed by atoms with van der Waals surface area (Å²) in [6, 6.07) is 13.6. The van der Waals surface area contributed by atoms with Gasteiger partial charge in [-0.05, 0) is 18.2 Å². The number of ether oxygens (including phenoxy) is 1. The van der Waals surface area contributed by atoms with Crippen LogP contribution >= 0.6 is 0 Å². The normalized spacial score (nSPS) is 14.0. The van der Waals surface area contributed by atoms with Gasteiger partial charge in [-0.3, -0.25) is 14.7 Å². The molecule has 1 amide bonds. The Kier molecular flexibility index (Phi) is 5.34. The van der Waals surface area contributed by atoms with Crippen molar-refractivity contribution >= 4 is 5.91 Å². The second kappa shape index (κ2) is 8.22. The second-order valence-electron chi connectivity index (χ2n) is 6.83. The molecule has 0 N–H and O–H groups in total. The van der Waals surface area contributed by atoms with E-state index in [0.717, 1.165) is 22.6 Å². The lowest BCUT2D eigenvalue weighted by Gasteiger charge is -2.22. The second-order valence-corrected chi connectivity index (χ2v) is 6.83. The number of carbonyl (C=O) groups excluding carboxylic acids is 1. The highest BCUT2D eigenvalue weighted by molar-refractivity contribution is 5.78. The Hall–Kier alpha value is -3.19. The van der Waals surface area contributed by atoms with Crippen LogP contribution in [0.2, 0.25) is 0 Å². The number of hydrogen-bond acceptors (Lipinski definition) is 6. The topological polar surface area (TPSA) is 71.7 Å². The van der Waals surface area contributed by atoms with Gasteiger partial charge in [-0.25, -0.2) is 0 Å². The van der Waals surface area contributed by atoms with Crippen LogP contribution in [0.4, 0.5) is 0 Å². The number of pyridine rings is 1. The van der Waals surface area contributed by atoms with Crippen molar-refractivity contribution < 1.29 is 14.1 Å². The summed E-state index contributed by atoms with van der Waals surface area (Å²) in [5, 5.41) is 4.08. The number of rotatable bonds is 5. The van der Waals surface area contributed by atoms with Gasteiger partial charge in [-0.1, -0.05) is 23.4 Å². The molecule has 1 aromatic carbocycles. The van der Waals surface area contributed by atoms with E-state index in [1.165, 1.54) is 0 Å². The van der Waals surface area contributed by atoms with Crippen LogP contribution in [0.1, 0.15) is 11.3 Å². The quantitative estimate of drug-likeness (QED) is 0.680. The number of nitrogens with zero attached hydrogens (tertiary/aromatic N) is 4. The molecular formula is C21H22N4O3. The molecule has 28 heavy (non-hydrogen) atoms. The van der Waals surface area contributed by atoms with E-state index in [-0.39, 0.29) is 5.91 Å². The van der Waals surface area contributed by atoms with Gasteiger partial charge in [-0.15, -0.1) is 0 Å². The average Bonchev–Trinajstić information content (AvgIpc) is 3.08. The molecule has 1 aliphatic heterocycles. The lowest BCUT2D eigenvalue weighted by molar-refractivity contribution is -0.132. The van der Waals surface area contributed by atoms with Gasteiger partial charge in [0, 0.05) is 49.7 Å². The summed E-state index contributed by atoms with van der Waals surface area (Å²) in [4.78, 5) is 20.5. The van der Waals surface area contributed by atoms with Crippen molar-refractivity contribution in [1.82, 2.24) is 19.9 Å². The Morgan fingerprint density at radius 1 is 1.21 bits per heavy atom. The monoisotopic (exact) mass is 378 g/mol. The lowest BCUT2D eigenvalue weighted by atomic mass is 10.2. The summed E-state index contributed by atoms with van der Waals surface area (Å²) >= 11 is 0. The maximum atomic E-state index is 12.7. The third-order valence-electron chi connectivity index (χ3n) is 4.74. The maximum absolute atomic E-state index is 12.7. The molecule has 7 nitrogen and oxygen atoms in total. The van der Waals surface area contributed by atoms with Crippen molar-refractivity contribution in [3.63, 3.8) is 0 Å². The van der Waals surface area contributed by atoms with Crippen molar-refractivity contribution in [2.45, 2.75) is 13.1 Å². The third kappa shape index (κ3) is 4.20. The van der Waals surface area contributed by atoms with Crippen LogP contribution in [-0.2, 0) is 17.9 Å². The van der Waals surface area contributed by atoms with Crippen LogP contribution in [0.15, 0.2) is 59.4 Å². The smallest absolute Gasteiger partial charge is 0.236 e. The molecule has 0 unspecified atom stereocenters. The number of fused-ring (bicyclic) bond motifs is 1. The van der Waals surface area contributed by atoms with Crippen LogP contribution in [0.3, 0.4) is 0 Å². The minimum atomic E-state index is 0.0289. The molecule has 0 radical (unpaired) electrons. The number of amides is 1. The molecule has 0 saturated carbocycles. The van der Waals surface area contributed by atoms with Crippen LogP contribution in [0.5, 0.6) is 5.75 Å². The van der Waals surface area contributed by atoms with E-state index in [1.54, 1.807) is 24.3 Å². The molecule has 0 fully saturated rings. The van der Waals surface area contributed by atoms with Crippen LogP contribution in [0.25, 0.3) is 11.3 Å². The Morgan fingerprint density at radius 3 is 2.89 bits per heavy atom. The molecule has 0 saturated heterocycles. The highest BCUT2D eigenvalue weighted by Gasteiger charge is 2.20. The Labute approximate surface area is 163 Å². The number of benzene rings is 1. The van der Waals surface area contributed by atoms with Crippen molar-refractivity contribution in [2.24, 2.45) is 0 Å². The van der Waals surface area contributed by atoms with E-state index in [0.29, 0.717) is 38.5 Å². The SMILES string of the molecule is CN(Cc1cc(-c2ccncc2)no1)C(=O)CN1CCOc2ccccc2C1. The van der Waals surface area contributed by atoms with E-state index < -0.39 is 0 Å². The lowest BCUT2D eigenvalue weighted by Crippen LogP contribution is -2.38. The third-order valence-corrected chi connectivity index (χ3v) is 4.74. The summed E-state index contributed by atoms with van der Waals surface area (Å²) in [5.41, 5.74) is 2.77. The average molecular weight is 378 g/mol. The first kappa shape index (κ1) is 18.2. The van der Waals surface area contributed by atoms with Crippen LogP contribution in [0, 0.1) is 0 Å². The molecule has 1 aliphatic rings. The number of hydrogen-bond donors (Lipinski definition) is 0. The van der Waals surface area contributed by atoms with E-state index >= 15 is 0 Å². The van der Waals surface area contributed by atoms with Crippen LogP contribution < -0.4 is 4.74 Å². The maximum Gasteiger partial charge on any atom is 0.236 e. The minimum absolute atomic E-state index is 0.0289. The summed E-state index contributed by atoms with van der Waals surface area (Å²) in [6.07, 6.45) is 3.42. The molecular weight excluding hydrogens is 356 g/mol. The first-order chi connectivity index (χ1) is 13.7. The predicted octanol–water partition coefficient (Wildman–Crippen LogP) is 2.59. The molecule has 3 aromatic rings. The summed E-state index contributed by atoms with van der Waals surface area (Å²) in [6.45, 7) is 2.69. The fraction of sp³-hybridized carbons (Fsp3) is 0.286.